The predicted molar refractivity (Wildman–Crippen MR) is 101 cm³/mol. The first-order valence-electron chi connectivity index (χ1n) is 7.86. The molecule has 1 N–H and O–H groups in total. The zero-order chi connectivity index (χ0) is 18.8. The summed E-state index contributed by atoms with van der Waals surface area (Å²) in [5.74, 6) is -2.11. The lowest BCUT2D eigenvalue weighted by Gasteiger charge is -2.12. The van der Waals surface area contributed by atoms with Gasteiger partial charge in [-0.3, -0.25) is 10.1 Å². The number of carbonyl (C=O) groups is 1. The largest absolute Gasteiger partial charge is 0.378 e. The van der Waals surface area contributed by atoms with Crippen molar-refractivity contribution in [2.24, 2.45) is 0 Å². The molecule has 0 aliphatic rings. The second-order valence-corrected chi connectivity index (χ2v) is 7.15. The van der Waals surface area contributed by atoms with Crippen molar-refractivity contribution in [1.29, 1.82) is 0 Å². The highest BCUT2D eigenvalue weighted by Crippen LogP contribution is 2.31. The van der Waals surface area contributed by atoms with Crippen LogP contribution in [-0.2, 0) is 0 Å². The van der Waals surface area contributed by atoms with E-state index in [1.807, 2.05) is 38.1 Å². The molecule has 3 aromatic rings. The molecule has 0 fully saturated rings. The minimum absolute atomic E-state index is 0.277. The molecule has 0 aliphatic carbocycles. The molecule has 0 saturated carbocycles. The van der Waals surface area contributed by atoms with E-state index in [2.05, 4.69) is 10.3 Å². The average molecular weight is 373 g/mol. The van der Waals surface area contributed by atoms with Gasteiger partial charge in [-0.2, -0.15) is 0 Å². The normalized spacial score (nSPS) is 10.7. The molecule has 134 valence electrons. The van der Waals surface area contributed by atoms with E-state index in [-0.39, 0.29) is 5.91 Å². The summed E-state index contributed by atoms with van der Waals surface area (Å²) in [6.45, 7) is 1.82. The van der Waals surface area contributed by atoms with Crippen LogP contribution in [0.25, 0.3) is 11.3 Å². The third-order valence-electron chi connectivity index (χ3n) is 3.86. The zero-order valence-corrected chi connectivity index (χ0v) is 15.3. The average Bonchev–Trinajstić information content (AvgIpc) is 2.97. The van der Waals surface area contributed by atoms with Crippen molar-refractivity contribution in [1.82, 2.24) is 4.98 Å². The van der Waals surface area contributed by atoms with Crippen molar-refractivity contribution in [3.8, 4) is 11.3 Å². The summed E-state index contributed by atoms with van der Waals surface area (Å²) < 4.78 is 26.6. The Labute approximate surface area is 154 Å². The zero-order valence-electron chi connectivity index (χ0n) is 14.5. The Bertz CT molecular complexity index is 952. The first-order chi connectivity index (χ1) is 12.3. The molecule has 26 heavy (non-hydrogen) atoms. The number of hydrogen-bond acceptors (Lipinski definition) is 4. The molecule has 0 saturated heterocycles. The molecule has 1 heterocycles. The van der Waals surface area contributed by atoms with Crippen LogP contribution in [0, 0.1) is 18.6 Å². The fourth-order valence-corrected chi connectivity index (χ4v) is 3.27. The number of hydrogen-bond donors (Lipinski definition) is 1. The third kappa shape index (κ3) is 3.72. The first kappa shape index (κ1) is 18.0. The van der Waals surface area contributed by atoms with Crippen LogP contribution >= 0.6 is 11.3 Å². The Morgan fingerprint density at radius 3 is 2.38 bits per heavy atom. The summed E-state index contributed by atoms with van der Waals surface area (Å²) >= 11 is 1.28. The van der Waals surface area contributed by atoms with Crippen molar-refractivity contribution in [3.05, 3.63) is 64.5 Å². The maximum absolute atomic E-state index is 13.5. The van der Waals surface area contributed by atoms with E-state index in [0.29, 0.717) is 22.0 Å². The molecule has 0 spiro atoms. The van der Waals surface area contributed by atoms with Crippen molar-refractivity contribution >= 4 is 28.1 Å². The fraction of sp³-hybridized carbons (Fsp3) is 0.158. The molecule has 0 bridgehead atoms. The van der Waals surface area contributed by atoms with Crippen LogP contribution in [0.5, 0.6) is 0 Å². The van der Waals surface area contributed by atoms with Crippen LogP contribution in [-0.4, -0.2) is 25.0 Å². The van der Waals surface area contributed by atoms with E-state index in [1.165, 1.54) is 17.4 Å². The number of halogens is 2. The van der Waals surface area contributed by atoms with Crippen LogP contribution < -0.4 is 10.2 Å². The van der Waals surface area contributed by atoms with Gasteiger partial charge in [0.05, 0.1) is 5.69 Å². The molecule has 1 aromatic heterocycles. The van der Waals surface area contributed by atoms with Crippen molar-refractivity contribution < 1.29 is 13.6 Å². The summed E-state index contributed by atoms with van der Waals surface area (Å²) in [5.41, 5.74) is 2.49. The van der Waals surface area contributed by atoms with E-state index < -0.39 is 11.6 Å². The highest BCUT2D eigenvalue weighted by atomic mass is 32.1. The van der Waals surface area contributed by atoms with Gasteiger partial charge in [-0.05, 0) is 49.4 Å². The van der Waals surface area contributed by atoms with Gasteiger partial charge in [-0.25, -0.2) is 13.8 Å². The maximum atomic E-state index is 13.5. The van der Waals surface area contributed by atoms with Gasteiger partial charge < -0.3 is 4.90 Å². The SMILES string of the molecule is Cc1sc(NC(=O)c2ccc(N(C)C)cc2)nc1-c1ccc(F)c(F)c1. The molecule has 2 aromatic carbocycles. The summed E-state index contributed by atoms with van der Waals surface area (Å²) in [6, 6.07) is 10.8. The molecule has 0 atom stereocenters. The number of aromatic nitrogens is 1. The van der Waals surface area contributed by atoms with E-state index >= 15 is 0 Å². The highest BCUT2D eigenvalue weighted by Gasteiger charge is 2.15. The fourth-order valence-electron chi connectivity index (χ4n) is 2.44. The number of carbonyl (C=O) groups excluding carboxylic acids is 1. The number of aryl methyl sites for hydroxylation is 1. The second kappa shape index (κ2) is 7.21. The number of thiazole rings is 1. The second-order valence-electron chi connectivity index (χ2n) is 5.95. The van der Waals surface area contributed by atoms with Crippen molar-refractivity contribution in [2.75, 3.05) is 24.3 Å². The van der Waals surface area contributed by atoms with Gasteiger partial charge in [-0.15, -0.1) is 11.3 Å². The number of anilines is 2. The van der Waals surface area contributed by atoms with Gasteiger partial charge in [0.2, 0.25) is 0 Å². The van der Waals surface area contributed by atoms with Crippen LogP contribution in [0.1, 0.15) is 15.2 Å². The lowest BCUT2D eigenvalue weighted by atomic mass is 10.1. The Morgan fingerprint density at radius 1 is 1.08 bits per heavy atom. The van der Waals surface area contributed by atoms with Crippen LogP contribution in [0.15, 0.2) is 42.5 Å². The molecular weight excluding hydrogens is 356 g/mol. The molecule has 0 radical (unpaired) electrons. The topological polar surface area (TPSA) is 45.2 Å². The lowest BCUT2D eigenvalue weighted by molar-refractivity contribution is 0.102. The van der Waals surface area contributed by atoms with E-state index in [0.717, 1.165) is 22.7 Å². The maximum Gasteiger partial charge on any atom is 0.257 e. The standard InChI is InChI=1S/C19H17F2N3OS/c1-11-17(13-6-9-15(20)16(21)10-13)22-19(26-11)23-18(25)12-4-7-14(8-5-12)24(2)3/h4-10H,1-3H3,(H,22,23,25). The Kier molecular flexibility index (Phi) is 4.99. The molecule has 4 nitrogen and oxygen atoms in total. The van der Waals surface area contributed by atoms with Gasteiger partial charge in [0.25, 0.3) is 5.91 Å². The lowest BCUT2D eigenvalue weighted by Crippen LogP contribution is -2.13. The summed E-state index contributed by atoms with van der Waals surface area (Å²) in [7, 11) is 3.85. The number of nitrogens with zero attached hydrogens (tertiary/aromatic N) is 2. The molecule has 7 heteroatoms. The predicted octanol–water partition coefficient (Wildman–Crippen LogP) is 4.72. The quantitative estimate of drug-likeness (QED) is 0.720. The minimum Gasteiger partial charge on any atom is -0.378 e. The van der Waals surface area contributed by atoms with E-state index in [1.54, 1.807) is 12.1 Å². The molecule has 0 unspecified atom stereocenters. The monoisotopic (exact) mass is 373 g/mol. The first-order valence-corrected chi connectivity index (χ1v) is 8.68. The van der Waals surface area contributed by atoms with Crippen LogP contribution in [0.2, 0.25) is 0 Å². The van der Waals surface area contributed by atoms with Crippen molar-refractivity contribution in [2.45, 2.75) is 6.92 Å². The van der Waals surface area contributed by atoms with Gasteiger partial charge in [0, 0.05) is 35.8 Å². The number of nitrogens with one attached hydrogen (secondary N) is 1. The van der Waals surface area contributed by atoms with Gasteiger partial charge in [-0.1, -0.05) is 0 Å². The molecule has 0 aliphatic heterocycles. The van der Waals surface area contributed by atoms with Gasteiger partial charge in [0.1, 0.15) is 0 Å². The van der Waals surface area contributed by atoms with Gasteiger partial charge in [0.15, 0.2) is 16.8 Å². The van der Waals surface area contributed by atoms with Crippen LogP contribution in [0.4, 0.5) is 19.6 Å². The van der Waals surface area contributed by atoms with E-state index in [9.17, 15) is 13.6 Å². The number of rotatable bonds is 4. The smallest absolute Gasteiger partial charge is 0.257 e. The summed E-state index contributed by atoms with van der Waals surface area (Å²) in [4.78, 5) is 19.5. The van der Waals surface area contributed by atoms with Crippen LogP contribution in [0.3, 0.4) is 0 Å². The Balaban J connectivity index is 1.80. The molecular formula is C19H17F2N3OS. The summed E-state index contributed by atoms with van der Waals surface area (Å²) in [5, 5.41) is 3.16. The van der Waals surface area contributed by atoms with Gasteiger partial charge >= 0.3 is 0 Å². The Hall–Kier alpha value is -2.80. The third-order valence-corrected chi connectivity index (χ3v) is 4.74. The number of benzene rings is 2. The molecule has 1 amide bonds. The molecule has 3 rings (SSSR count). The Morgan fingerprint density at radius 2 is 1.77 bits per heavy atom. The highest BCUT2D eigenvalue weighted by molar-refractivity contribution is 7.16. The minimum atomic E-state index is -0.929. The van der Waals surface area contributed by atoms with E-state index in [4.69, 9.17) is 0 Å². The number of amides is 1. The van der Waals surface area contributed by atoms with Crippen molar-refractivity contribution in [3.63, 3.8) is 0 Å². The summed E-state index contributed by atoms with van der Waals surface area (Å²) in [6.07, 6.45) is 0.